The van der Waals surface area contributed by atoms with Gasteiger partial charge in [-0.1, -0.05) is 36.4 Å². The van der Waals surface area contributed by atoms with Gasteiger partial charge in [0.1, 0.15) is 11.6 Å². The zero-order chi connectivity index (χ0) is 16.4. The van der Waals surface area contributed by atoms with Gasteiger partial charge in [-0.2, -0.15) is 0 Å². The lowest BCUT2D eigenvalue weighted by Crippen LogP contribution is -2.37. The minimum Gasteiger partial charge on any atom is -0.333 e. The van der Waals surface area contributed by atoms with E-state index in [1.54, 1.807) is 41.3 Å². The number of benzene rings is 2. The van der Waals surface area contributed by atoms with E-state index in [4.69, 9.17) is 0 Å². The Morgan fingerprint density at radius 1 is 1.09 bits per heavy atom. The number of halogens is 2. The lowest BCUT2D eigenvalue weighted by molar-refractivity contribution is -0.133. The molecule has 1 aliphatic rings. The van der Waals surface area contributed by atoms with Crippen LogP contribution in [0.1, 0.15) is 36.9 Å². The predicted octanol–water partition coefficient (Wildman–Crippen LogP) is 4.26. The van der Waals surface area contributed by atoms with Crippen molar-refractivity contribution in [3.05, 3.63) is 71.3 Å². The van der Waals surface area contributed by atoms with Crippen molar-refractivity contribution >= 4 is 5.91 Å². The SMILES string of the molecule is CC(c1ccccc1F)N(C(=O)Cc1ccccc1F)C1CC1. The molecule has 0 radical (unpaired) electrons. The first-order valence-electron chi connectivity index (χ1n) is 7.87. The normalized spacial score (nSPS) is 15.3. The van der Waals surface area contributed by atoms with E-state index < -0.39 is 0 Å². The van der Waals surface area contributed by atoms with Crippen LogP contribution in [0, 0.1) is 11.6 Å². The fraction of sp³-hybridized carbons (Fsp3) is 0.316. The van der Waals surface area contributed by atoms with Crippen molar-refractivity contribution in [3.63, 3.8) is 0 Å². The second-order valence-electron chi connectivity index (χ2n) is 6.00. The average Bonchev–Trinajstić information content (AvgIpc) is 3.35. The summed E-state index contributed by atoms with van der Waals surface area (Å²) in [5.41, 5.74) is 0.880. The highest BCUT2D eigenvalue weighted by Crippen LogP contribution is 2.35. The highest BCUT2D eigenvalue weighted by molar-refractivity contribution is 5.80. The van der Waals surface area contributed by atoms with E-state index in [1.165, 1.54) is 12.1 Å². The van der Waals surface area contributed by atoms with Crippen molar-refractivity contribution in [2.75, 3.05) is 0 Å². The fourth-order valence-corrected chi connectivity index (χ4v) is 2.95. The van der Waals surface area contributed by atoms with Crippen LogP contribution in [0.15, 0.2) is 48.5 Å². The number of hydrogen-bond donors (Lipinski definition) is 0. The minimum absolute atomic E-state index is 0.00195. The Hall–Kier alpha value is -2.23. The molecule has 0 aliphatic heterocycles. The average molecular weight is 315 g/mol. The molecule has 1 amide bonds. The molecule has 0 heterocycles. The first-order chi connectivity index (χ1) is 11.1. The van der Waals surface area contributed by atoms with Crippen molar-refractivity contribution in [2.45, 2.75) is 38.3 Å². The Morgan fingerprint density at radius 2 is 1.70 bits per heavy atom. The van der Waals surface area contributed by atoms with Crippen LogP contribution in [0.2, 0.25) is 0 Å². The van der Waals surface area contributed by atoms with E-state index in [1.807, 2.05) is 6.92 Å². The zero-order valence-electron chi connectivity index (χ0n) is 13.0. The van der Waals surface area contributed by atoms with Gasteiger partial charge in [0.25, 0.3) is 0 Å². The van der Waals surface area contributed by atoms with Gasteiger partial charge < -0.3 is 4.90 Å². The Bertz CT molecular complexity index is 712. The van der Waals surface area contributed by atoms with Crippen LogP contribution >= 0.6 is 0 Å². The molecule has 120 valence electrons. The third kappa shape index (κ3) is 3.41. The molecule has 0 N–H and O–H groups in total. The summed E-state index contributed by atoms with van der Waals surface area (Å²) in [6.07, 6.45) is 1.84. The lowest BCUT2D eigenvalue weighted by Gasteiger charge is -2.30. The summed E-state index contributed by atoms with van der Waals surface area (Å²) in [6, 6.07) is 12.6. The van der Waals surface area contributed by atoms with Crippen molar-refractivity contribution < 1.29 is 13.6 Å². The third-order valence-corrected chi connectivity index (χ3v) is 4.30. The van der Waals surface area contributed by atoms with Crippen molar-refractivity contribution in [1.29, 1.82) is 0 Å². The molecule has 1 aliphatic carbocycles. The molecule has 23 heavy (non-hydrogen) atoms. The Labute approximate surface area is 134 Å². The monoisotopic (exact) mass is 315 g/mol. The Kier molecular flexibility index (Phi) is 4.42. The molecule has 1 saturated carbocycles. The number of nitrogens with zero attached hydrogens (tertiary/aromatic N) is 1. The number of carbonyl (C=O) groups excluding carboxylic acids is 1. The minimum atomic E-state index is -0.379. The van der Waals surface area contributed by atoms with Gasteiger partial charge in [0.15, 0.2) is 0 Å². The van der Waals surface area contributed by atoms with Gasteiger partial charge in [0.2, 0.25) is 5.91 Å². The molecule has 0 bridgehead atoms. The number of hydrogen-bond acceptors (Lipinski definition) is 1. The van der Waals surface area contributed by atoms with E-state index >= 15 is 0 Å². The van der Waals surface area contributed by atoms with E-state index in [9.17, 15) is 13.6 Å². The molecule has 0 saturated heterocycles. The summed E-state index contributed by atoms with van der Waals surface area (Å²) in [7, 11) is 0. The molecular formula is C19H19F2NO. The summed E-state index contributed by atoms with van der Waals surface area (Å²) >= 11 is 0. The molecule has 3 rings (SSSR count). The van der Waals surface area contributed by atoms with Crippen LogP contribution in [-0.2, 0) is 11.2 Å². The lowest BCUT2D eigenvalue weighted by atomic mass is 10.0. The van der Waals surface area contributed by atoms with E-state index in [2.05, 4.69) is 0 Å². The summed E-state index contributed by atoms with van der Waals surface area (Å²) in [5.74, 6) is -0.854. The first-order valence-corrected chi connectivity index (χ1v) is 7.87. The maximum Gasteiger partial charge on any atom is 0.227 e. The summed E-state index contributed by atoms with van der Waals surface area (Å²) < 4.78 is 27.8. The standard InChI is InChI=1S/C19H19F2NO/c1-13(16-7-3-5-9-18(16)21)22(15-10-11-15)19(23)12-14-6-2-4-8-17(14)20/h2-9,13,15H,10-12H2,1H3. The topological polar surface area (TPSA) is 20.3 Å². The van der Waals surface area contributed by atoms with Crippen LogP contribution < -0.4 is 0 Å². The van der Waals surface area contributed by atoms with Crippen LogP contribution in [0.4, 0.5) is 8.78 Å². The molecule has 1 atom stereocenters. The first kappa shape index (κ1) is 15.7. The van der Waals surface area contributed by atoms with Crippen LogP contribution in [0.3, 0.4) is 0 Å². The van der Waals surface area contributed by atoms with Crippen LogP contribution in [-0.4, -0.2) is 16.8 Å². The van der Waals surface area contributed by atoms with Gasteiger partial charge in [-0.3, -0.25) is 4.79 Å². The zero-order valence-corrected chi connectivity index (χ0v) is 13.0. The third-order valence-electron chi connectivity index (χ3n) is 4.30. The molecule has 2 aromatic carbocycles. The van der Waals surface area contributed by atoms with Crippen LogP contribution in [0.5, 0.6) is 0 Å². The molecule has 2 aromatic rings. The summed E-state index contributed by atoms with van der Waals surface area (Å²) in [4.78, 5) is 14.4. The van der Waals surface area contributed by atoms with E-state index in [-0.39, 0.29) is 36.0 Å². The summed E-state index contributed by atoms with van der Waals surface area (Å²) in [5, 5.41) is 0. The number of rotatable bonds is 5. The maximum absolute atomic E-state index is 14.0. The van der Waals surface area contributed by atoms with E-state index in [0.717, 1.165) is 12.8 Å². The number of amides is 1. The van der Waals surface area contributed by atoms with Gasteiger partial charge in [-0.05, 0) is 37.5 Å². The predicted molar refractivity (Wildman–Crippen MR) is 84.8 cm³/mol. The molecule has 1 fully saturated rings. The van der Waals surface area contributed by atoms with Crippen molar-refractivity contribution in [1.82, 2.24) is 4.90 Å². The van der Waals surface area contributed by atoms with Gasteiger partial charge in [-0.25, -0.2) is 8.78 Å². The fourth-order valence-electron chi connectivity index (χ4n) is 2.95. The van der Waals surface area contributed by atoms with E-state index in [0.29, 0.717) is 11.1 Å². The smallest absolute Gasteiger partial charge is 0.227 e. The van der Waals surface area contributed by atoms with Gasteiger partial charge in [0.05, 0.1) is 12.5 Å². The molecular weight excluding hydrogens is 296 g/mol. The number of carbonyl (C=O) groups is 1. The van der Waals surface area contributed by atoms with Gasteiger partial charge in [0, 0.05) is 11.6 Å². The molecule has 2 nitrogen and oxygen atoms in total. The molecule has 0 aromatic heterocycles. The largest absolute Gasteiger partial charge is 0.333 e. The van der Waals surface area contributed by atoms with Gasteiger partial charge >= 0.3 is 0 Å². The highest BCUT2D eigenvalue weighted by atomic mass is 19.1. The maximum atomic E-state index is 14.0. The van der Waals surface area contributed by atoms with Crippen LogP contribution in [0.25, 0.3) is 0 Å². The Balaban J connectivity index is 1.83. The Morgan fingerprint density at radius 3 is 2.30 bits per heavy atom. The van der Waals surface area contributed by atoms with Crippen molar-refractivity contribution in [3.8, 4) is 0 Å². The van der Waals surface area contributed by atoms with Crippen molar-refractivity contribution in [2.24, 2.45) is 0 Å². The quantitative estimate of drug-likeness (QED) is 0.807. The molecule has 0 spiro atoms. The highest BCUT2D eigenvalue weighted by Gasteiger charge is 2.36. The van der Waals surface area contributed by atoms with Gasteiger partial charge in [-0.15, -0.1) is 0 Å². The molecule has 1 unspecified atom stereocenters. The second-order valence-corrected chi connectivity index (χ2v) is 6.00. The molecule has 4 heteroatoms. The summed E-state index contributed by atoms with van der Waals surface area (Å²) in [6.45, 7) is 1.83. The second kappa shape index (κ2) is 6.49.